The fourth-order valence-electron chi connectivity index (χ4n) is 2.20. The highest BCUT2D eigenvalue weighted by Gasteiger charge is 2.63. The molecule has 0 bridgehead atoms. The molecule has 4 nitrogen and oxygen atoms in total. The largest absolute Gasteiger partial charge is 0.465 e. The van der Waals surface area contributed by atoms with E-state index in [0.29, 0.717) is 13.2 Å². The van der Waals surface area contributed by atoms with Gasteiger partial charge in [0.15, 0.2) is 0 Å². The van der Waals surface area contributed by atoms with Crippen molar-refractivity contribution in [1.82, 2.24) is 0 Å². The van der Waals surface area contributed by atoms with Crippen LogP contribution in [-0.2, 0) is 19.1 Å². The van der Waals surface area contributed by atoms with Gasteiger partial charge in [0, 0.05) is 5.92 Å². The van der Waals surface area contributed by atoms with Crippen LogP contribution in [0.4, 0.5) is 0 Å². The summed E-state index contributed by atoms with van der Waals surface area (Å²) in [4.78, 5) is 23.6. The number of carbonyl (C=O) groups excluding carboxylic acids is 2. The molecule has 0 spiro atoms. The van der Waals surface area contributed by atoms with Crippen LogP contribution in [0.2, 0.25) is 0 Å². The van der Waals surface area contributed by atoms with E-state index in [1.807, 2.05) is 41.5 Å². The van der Waals surface area contributed by atoms with E-state index in [1.54, 1.807) is 0 Å². The predicted octanol–water partition coefficient (Wildman–Crippen LogP) is 2.80. The van der Waals surface area contributed by atoms with Crippen LogP contribution in [0, 0.1) is 22.7 Å². The standard InChI is InChI=1S/C15H26O4/c1-7-8-18-12(16)11-10(15(11,5)6)9-19-13(17)14(2,3)4/h10-11H,7-9H2,1-6H3. The third kappa shape index (κ3) is 3.71. The fraction of sp³-hybridized carbons (Fsp3) is 0.867. The molecular formula is C15H26O4. The van der Waals surface area contributed by atoms with Gasteiger partial charge in [0.2, 0.25) is 0 Å². The van der Waals surface area contributed by atoms with Crippen molar-refractivity contribution in [3.05, 3.63) is 0 Å². The Hall–Kier alpha value is -1.06. The van der Waals surface area contributed by atoms with Gasteiger partial charge < -0.3 is 9.47 Å². The molecule has 1 aliphatic rings. The van der Waals surface area contributed by atoms with Crippen LogP contribution < -0.4 is 0 Å². The smallest absolute Gasteiger partial charge is 0.311 e. The van der Waals surface area contributed by atoms with Gasteiger partial charge in [0.1, 0.15) is 0 Å². The second kappa shape index (κ2) is 5.51. The van der Waals surface area contributed by atoms with E-state index >= 15 is 0 Å². The molecule has 0 aromatic heterocycles. The normalized spacial score (nSPS) is 24.7. The molecule has 0 radical (unpaired) electrons. The second-order valence-electron chi connectivity index (χ2n) is 6.92. The Kier molecular flexibility index (Phi) is 4.64. The summed E-state index contributed by atoms with van der Waals surface area (Å²) < 4.78 is 10.5. The predicted molar refractivity (Wildman–Crippen MR) is 72.4 cm³/mol. The highest BCUT2D eigenvalue weighted by Crippen LogP contribution is 2.58. The van der Waals surface area contributed by atoms with Crippen LogP contribution in [-0.4, -0.2) is 25.2 Å². The average molecular weight is 270 g/mol. The minimum Gasteiger partial charge on any atom is -0.465 e. The van der Waals surface area contributed by atoms with E-state index in [9.17, 15) is 9.59 Å². The van der Waals surface area contributed by atoms with Crippen LogP contribution in [0.1, 0.15) is 48.0 Å². The van der Waals surface area contributed by atoms with E-state index in [2.05, 4.69) is 0 Å². The molecule has 1 saturated carbocycles. The monoisotopic (exact) mass is 270 g/mol. The Labute approximate surface area is 115 Å². The Morgan fingerprint density at radius 2 is 1.74 bits per heavy atom. The van der Waals surface area contributed by atoms with Gasteiger partial charge in [-0.25, -0.2) is 0 Å². The van der Waals surface area contributed by atoms with Gasteiger partial charge in [-0.15, -0.1) is 0 Å². The zero-order valence-corrected chi connectivity index (χ0v) is 12.9. The fourth-order valence-corrected chi connectivity index (χ4v) is 2.20. The first-order valence-electron chi connectivity index (χ1n) is 6.96. The molecular weight excluding hydrogens is 244 g/mol. The van der Waals surface area contributed by atoms with Gasteiger partial charge in [-0.1, -0.05) is 20.8 Å². The van der Waals surface area contributed by atoms with Crippen molar-refractivity contribution in [3.8, 4) is 0 Å². The lowest BCUT2D eigenvalue weighted by molar-refractivity contribution is -0.154. The Morgan fingerprint density at radius 3 is 2.21 bits per heavy atom. The minimum atomic E-state index is -0.503. The summed E-state index contributed by atoms with van der Waals surface area (Å²) in [6, 6.07) is 0. The molecule has 19 heavy (non-hydrogen) atoms. The quantitative estimate of drug-likeness (QED) is 0.721. The number of carbonyl (C=O) groups is 2. The molecule has 110 valence electrons. The minimum absolute atomic E-state index is 0.0724. The van der Waals surface area contributed by atoms with Crippen molar-refractivity contribution in [2.24, 2.45) is 22.7 Å². The third-order valence-corrected chi connectivity index (χ3v) is 3.76. The van der Waals surface area contributed by atoms with Crippen LogP contribution in [0.15, 0.2) is 0 Å². The van der Waals surface area contributed by atoms with Crippen LogP contribution in [0.5, 0.6) is 0 Å². The van der Waals surface area contributed by atoms with Gasteiger partial charge in [-0.2, -0.15) is 0 Å². The molecule has 0 amide bonds. The summed E-state index contributed by atoms with van der Waals surface area (Å²) in [5, 5.41) is 0. The maximum atomic E-state index is 11.9. The molecule has 1 fully saturated rings. The molecule has 4 heteroatoms. The summed E-state index contributed by atoms with van der Waals surface area (Å²) in [5.74, 6) is -0.463. The van der Waals surface area contributed by atoms with Crippen molar-refractivity contribution in [2.45, 2.75) is 48.0 Å². The molecule has 0 N–H and O–H groups in total. The average Bonchev–Trinajstić information content (AvgIpc) is 2.83. The molecule has 0 saturated heterocycles. The Morgan fingerprint density at radius 1 is 1.16 bits per heavy atom. The molecule has 2 atom stereocenters. The first-order chi connectivity index (χ1) is 8.62. The lowest BCUT2D eigenvalue weighted by Gasteiger charge is -2.16. The summed E-state index contributed by atoms with van der Waals surface area (Å²) in [5.41, 5.74) is -0.639. The highest BCUT2D eigenvalue weighted by molar-refractivity contribution is 5.78. The van der Waals surface area contributed by atoms with E-state index in [0.717, 1.165) is 6.42 Å². The first kappa shape index (κ1) is 16.0. The van der Waals surface area contributed by atoms with E-state index in [1.165, 1.54) is 0 Å². The summed E-state index contributed by atoms with van der Waals surface area (Å²) in [7, 11) is 0. The molecule has 1 aliphatic carbocycles. The molecule has 0 aliphatic heterocycles. The van der Waals surface area contributed by atoms with Crippen molar-refractivity contribution < 1.29 is 19.1 Å². The molecule has 2 unspecified atom stereocenters. The van der Waals surface area contributed by atoms with Crippen molar-refractivity contribution in [2.75, 3.05) is 13.2 Å². The van der Waals surface area contributed by atoms with Gasteiger partial charge in [0.25, 0.3) is 0 Å². The lowest BCUT2D eigenvalue weighted by atomic mass is 9.97. The third-order valence-electron chi connectivity index (χ3n) is 3.76. The lowest BCUT2D eigenvalue weighted by Crippen LogP contribution is -2.24. The molecule has 1 rings (SSSR count). The van der Waals surface area contributed by atoms with E-state index in [4.69, 9.17) is 9.47 Å². The number of hydrogen-bond acceptors (Lipinski definition) is 4. The maximum Gasteiger partial charge on any atom is 0.311 e. The number of ether oxygens (including phenoxy) is 2. The maximum absolute atomic E-state index is 11.9. The van der Waals surface area contributed by atoms with Crippen LogP contribution >= 0.6 is 0 Å². The topological polar surface area (TPSA) is 52.6 Å². The molecule has 0 aromatic rings. The number of esters is 2. The van der Waals surface area contributed by atoms with E-state index in [-0.39, 0.29) is 29.2 Å². The van der Waals surface area contributed by atoms with E-state index < -0.39 is 5.41 Å². The van der Waals surface area contributed by atoms with Crippen molar-refractivity contribution in [1.29, 1.82) is 0 Å². The Bertz CT molecular complexity index is 352. The zero-order valence-electron chi connectivity index (χ0n) is 12.9. The summed E-state index contributed by atoms with van der Waals surface area (Å²) >= 11 is 0. The van der Waals surface area contributed by atoms with Gasteiger partial charge in [-0.3, -0.25) is 9.59 Å². The van der Waals surface area contributed by atoms with Crippen molar-refractivity contribution in [3.63, 3.8) is 0 Å². The number of rotatable bonds is 5. The molecule has 0 aromatic carbocycles. The summed E-state index contributed by atoms with van der Waals surface area (Å²) in [6.45, 7) is 12.2. The second-order valence-corrected chi connectivity index (χ2v) is 6.92. The molecule has 0 heterocycles. The van der Waals surface area contributed by atoms with Crippen LogP contribution in [0.25, 0.3) is 0 Å². The van der Waals surface area contributed by atoms with Crippen molar-refractivity contribution >= 4 is 11.9 Å². The SMILES string of the molecule is CCCOC(=O)C1C(COC(=O)C(C)(C)C)C1(C)C. The highest BCUT2D eigenvalue weighted by atomic mass is 16.5. The van der Waals surface area contributed by atoms with Gasteiger partial charge >= 0.3 is 11.9 Å². The number of hydrogen-bond donors (Lipinski definition) is 0. The zero-order chi connectivity index (χ0) is 14.8. The van der Waals surface area contributed by atoms with Gasteiger partial charge in [-0.05, 0) is 32.6 Å². The summed E-state index contributed by atoms with van der Waals surface area (Å²) in [6.07, 6.45) is 0.822. The Balaban J connectivity index is 2.48. The van der Waals surface area contributed by atoms with Gasteiger partial charge in [0.05, 0.1) is 24.5 Å². The van der Waals surface area contributed by atoms with Crippen LogP contribution in [0.3, 0.4) is 0 Å². The first-order valence-corrected chi connectivity index (χ1v) is 6.96.